The molecule has 1 rings (SSSR count). The molecular formula is C24H36N2O7S. The molecule has 0 aliphatic heterocycles. The van der Waals surface area contributed by atoms with Gasteiger partial charge < -0.3 is 20.1 Å². The number of carbonyl (C=O) groups excluding carboxylic acids is 2. The van der Waals surface area contributed by atoms with Gasteiger partial charge >= 0.3 is 12.1 Å². The molecule has 2 atom stereocenters. The molecular weight excluding hydrogens is 460 g/mol. The number of nitrogens with one attached hydrogen (secondary N) is 1. The van der Waals surface area contributed by atoms with E-state index < -0.39 is 51.2 Å². The summed E-state index contributed by atoms with van der Waals surface area (Å²) < 4.78 is 28.8. The molecule has 2 amide bonds. The Kier molecular flexibility index (Phi) is 10.3. The normalized spacial score (nSPS) is 13.6. The zero-order valence-corrected chi connectivity index (χ0v) is 21.5. The van der Waals surface area contributed by atoms with Crippen molar-refractivity contribution in [2.45, 2.75) is 64.3 Å². The van der Waals surface area contributed by atoms with Crippen molar-refractivity contribution in [2.75, 3.05) is 13.7 Å². The van der Waals surface area contributed by atoms with Crippen LogP contribution in [-0.4, -0.2) is 66.9 Å². The number of nitrogens with zero attached hydrogens (tertiary/aromatic N) is 1. The van der Waals surface area contributed by atoms with Gasteiger partial charge in [0.2, 0.25) is 5.91 Å². The van der Waals surface area contributed by atoms with Crippen molar-refractivity contribution < 1.29 is 32.6 Å². The lowest BCUT2D eigenvalue weighted by Gasteiger charge is -2.30. The molecule has 9 nitrogen and oxygen atoms in total. The molecule has 1 aromatic rings. The molecule has 0 spiro atoms. The second-order valence-electron chi connectivity index (χ2n) is 9.55. The van der Waals surface area contributed by atoms with Gasteiger partial charge in [0, 0.05) is 13.5 Å². The highest BCUT2D eigenvalue weighted by molar-refractivity contribution is 7.96. The maximum Gasteiger partial charge on any atom is 0.408 e. The molecule has 10 heteroatoms. The molecule has 2 N–H and O–H groups in total. The summed E-state index contributed by atoms with van der Waals surface area (Å²) >= 11 is 0. The van der Waals surface area contributed by atoms with Crippen LogP contribution in [0.15, 0.2) is 41.8 Å². The lowest BCUT2D eigenvalue weighted by atomic mass is 10.0. The van der Waals surface area contributed by atoms with Gasteiger partial charge in [-0.05, 0) is 38.7 Å². The largest absolute Gasteiger partial charge is 0.480 e. The Hall–Kier alpha value is -2.88. The van der Waals surface area contributed by atoms with E-state index in [9.17, 15) is 27.9 Å². The third-order valence-electron chi connectivity index (χ3n) is 5.22. The molecule has 0 aromatic heterocycles. The molecule has 0 heterocycles. The summed E-state index contributed by atoms with van der Waals surface area (Å²) in [6.07, 6.45) is -0.678. The number of rotatable bonds is 11. The van der Waals surface area contributed by atoms with Gasteiger partial charge in [-0.3, -0.25) is 4.79 Å². The standard InChI is InChI=1S/C24H36N2O7S/c1-16(2)13-20(22(28)29)26(7)21(27)19(14-18-11-9-8-10-12-18)25-23(30)33-15-17(3)34(31,32)24(4,5)6/h8-12,16,19-20H,3,13-15H2,1-2,4-7H3,(H,25,30)(H,28,29)/t19-,20-/m0/s1. The van der Waals surface area contributed by atoms with Gasteiger partial charge in [-0.25, -0.2) is 18.0 Å². The van der Waals surface area contributed by atoms with E-state index in [2.05, 4.69) is 11.9 Å². The van der Waals surface area contributed by atoms with Gasteiger partial charge in [-0.15, -0.1) is 0 Å². The lowest BCUT2D eigenvalue weighted by Crippen LogP contribution is -2.53. The summed E-state index contributed by atoms with van der Waals surface area (Å²) in [5.74, 6) is -1.72. The van der Waals surface area contributed by atoms with E-state index in [0.717, 1.165) is 10.5 Å². The average molecular weight is 497 g/mol. The summed E-state index contributed by atoms with van der Waals surface area (Å²) in [5, 5.41) is 12.1. The van der Waals surface area contributed by atoms with Crippen molar-refractivity contribution in [1.82, 2.24) is 10.2 Å². The molecule has 0 aliphatic carbocycles. The first-order valence-corrected chi connectivity index (χ1v) is 12.4. The SMILES string of the molecule is C=C(COC(=O)N[C@@H](Cc1ccccc1)C(=O)N(C)[C@@H](CC(C)C)C(=O)O)S(=O)(=O)C(C)(C)C. The van der Waals surface area contributed by atoms with Gasteiger partial charge in [-0.1, -0.05) is 50.8 Å². The van der Waals surface area contributed by atoms with Crippen molar-refractivity contribution in [3.05, 3.63) is 47.4 Å². The monoisotopic (exact) mass is 496 g/mol. The molecule has 190 valence electrons. The van der Waals surface area contributed by atoms with Crippen LogP contribution in [0.4, 0.5) is 4.79 Å². The van der Waals surface area contributed by atoms with E-state index in [4.69, 9.17) is 4.74 Å². The lowest BCUT2D eigenvalue weighted by molar-refractivity contribution is -0.150. The summed E-state index contributed by atoms with van der Waals surface area (Å²) in [6, 6.07) is 6.71. The number of carboxylic acids is 1. The molecule has 0 fully saturated rings. The van der Waals surface area contributed by atoms with Crippen molar-refractivity contribution >= 4 is 27.8 Å². The fourth-order valence-corrected chi connectivity index (χ4v) is 4.24. The molecule has 34 heavy (non-hydrogen) atoms. The minimum Gasteiger partial charge on any atom is -0.480 e. The van der Waals surface area contributed by atoms with Crippen LogP contribution in [0.25, 0.3) is 0 Å². The zero-order chi connectivity index (χ0) is 26.3. The number of sulfone groups is 1. The fourth-order valence-electron chi connectivity index (χ4n) is 3.16. The number of hydrogen-bond donors (Lipinski definition) is 2. The number of carboxylic acid groups (broad SMARTS) is 1. The van der Waals surface area contributed by atoms with Crippen LogP contribution < -0.4 is 5.32 Å². The van der Waals surface area contributed by atoms with Crippen LogP contribution in [0.3, 0.4) is 0 Å². The molecule has 0 saturated heterocycles. The summed E-state index contributed by atoms with van der Waals surface area (Å²) in [7, 11) is -2.37. The predicted molar refractivity (Wildman–Crippen MR) is 130 cm³/mol. The maximum atomic E-state index is 13.2. The van der Waals surface area contributed by atoms with Crippen LogP contribution in [-0.2, 0) is 30.6 Å². The van der Waals surface area contributed by atoms with E-state index in [0.29, 0.717) is 0 Å². The molecule has 0 unspecified atom stereocenters. The summed E-state index contributed by atoms with van der Waals surface area (Å²) in [6.45, 7) is 11.2. The van der Waals surface area contributed by atoms with E-state index in [-0.39, 0.29) is 23.7 Å². The summed E-state index contributed by atoms with van der Waals surface area (Å²) in [5.41, 5.74) is 0.741. The Morgan fingerprint density at radius 2 is 1.71 bits per heavy atom. The highest BCUT2D eigenvalue weighted by Gasteiger charge is 2.34. The number of benzene rings is 1. The first-order chi connectivity index (χ1) is 15.6. The first-order valence-electron chi connectivity index (χ1n) is 11.0. The van der Waals surface area contributed by atoms with Crippen molar-refractivity contribution in [1.29, 1.82) is 0 Å². The number of likely N-dealkylation sites (N-methyl/N-ethyl adjacent to an activating group) is 1. The number of aliphatic carboxylic acids is 1. The Morgan fingerprint density at radius 1 is 1.15 bits per heavy atom. The Labute approximate surface area is 202 Å². The Morgan fingerprint density at radius 3 is 2.18 bits per heavy atom. The van der Waals surface area contributed by atoms with E-state index in [1.54, 1.807) is 30.3 Å². The maximum absolute atomic E-state index is 13.2. The van der Waals surface area contributed by atoms with Crippen LogP contribution in [0.1, 0.15) is 46.6 Å². The van der Waals surface area contributed by atoms with E-state index in [1.807, 2.05) is 13.8 Å². The highest BCUT2D eigenvalue weighted by Crippen LogP contribution is 2.22. The van der Waals surface area contributed by atoms with Crippen molar-refractivity contribution in [2.24, 2.45) is 5.92 Å². The Balaban J connectivity index is 3.04. The zero-order valence-electron chi connectivity index (χ0n) is 20.7. The van der Waals surface area contributed by atoms with Gasteiger partial charge in [0.1, 0.15) is 18.7 Å². The minimum atomic E-state index is -3.75. The van der Waals surface area contributed by atoms with Gasteiger partial charge in [-0.2, -0.15) is 0 Å². The number of amides is 2. The van der Waals surface area contributed by atoms with Gasteiger partial charge in [0.25, 0.3) is 0 Å². The molecule has 0 radical (unpaired) electrons. The highest BCUT2D eigenvalue weighted by atomic mass is 32.2. The van der Waals surface area contributed by atoms with Crippen LogP contribution in [0.5, 0.6) is 0 Å². The molecule has 1 aromatic carbocycles. The number of ether oxygens (including phenoxy) is 1. The van der Waals surface area contributed by atoms with Gasteiger partial charge in [0.15, 0.2) is 9.84 Å². The number of carbonyl (C=O) groups is 3. The van der Waals surface area contributed by atoms with Crippen LogP contribution in [0, 0.1) is 5.92 Å². The average Bonchev–Trinajstić information content (AvgIpc) is 2.73. The minimum absolute atomic E-state index is 0.0256. The quantitative estimate of drug-likeness (QED) is 0.482. The molecule has 0 bridgehead atoms. The number of alkyl carbamates (subject to hydrolysis) is 1. The third-order valence-corrected chi connectivity index (χ3v) is 7.71. The summed E-state index contributed by atoms with van der Waals surface area (Å²) in [4.78, 5) is 38.3. The predicted octanol–water partition coefficient (Wildman–Crippen LogP) is 3.01. The molecule has 0 saturated carbocycles. The van der Waals surface area contributed by atoms with Crippen LogP contribution in [0.2, 0.25) is 0 Å². The Bertz CT molecular complexity index is 982. The van der Waals surface area contributed by atoms with E-state index >= 15 is 0 Å². The topological polar surface area (TPSA) is 130 Å². The second-order valence-corrected chi connectivity index (χ2v) is 12.4. The van der Waals surface area contributed by atoms with Crippen molar-refractivity contribution in [3.8, 4) is 0 Å². The molecule has 0 aliphatic rings. The van der Waals surface area contributed by atoms with Crippen LogP contribution >= 0.6 is 0 Å². The van der Waals surface area contributed by atoms with Crippen molar-refractivity contribution in [3.63, 3.8) is 0 Å². The smallest absolute Gasteiger partial charge is 0.408 e. The van der Waals surface area contributed by atoms with Gasteiger partial charge in [0.05, 0.1) is 9.65 Å². The van der Waals surface area contributed by atoms with E-state index in [1.165, 1.54) is 27.8 Å². The first kappa shape index (κ1) is 29.2. The third kappa shape index (κ3) is 8.16. The number of hydrogen-bond acceptors (Lipinski definition) is 6. The fraction of sp³-hybridized carbons (Fsp3) is 0.542. The second kappa shape index (κ2) is 12.0.